The summed E-state index contributed by atoms with van der Waals surface area (Å²) in [6.45, 7) is 8.03. The molecule has 0 heterocycles. The highest BCUT2D eigenvalue weighted by atomic mass is 32.2. The fourth-order valence-electron chi connectivity index (χ4n) is 1.64. The van der Waals surface area contributed by atoms with Gasteiger partial charge in [0.15, 0.2) is 0 Å². The SMILES string of the molecule is CCCOS(=O)(=O)C(F)(F)F.CCC[N+](C)(C)CCN=C=S.CN(C)CCN=C=S. The number of hydrogen-bond donors (Lipinski definition) is 0. The first kappa shape index (κ1) is 33.8. The second kappa shape index (κ2) is 18.9. The molecule has 0 spiro atoms. The molecular weight excluding hydrogens is 461 g/mol. The lowest BCUT2D eigenvalue weighted by Crippen LogP contribution is -2.42. The first-order valence-corrected chi connectivity index (χ1v) is 11.4. The van der Waals surface area contributed by atoms with Crippen LogP contribution in [0.2, 0.25) is 0 Å². The molecule has 0 saturated carbocycles. The Morgan fingerprint density at radius 3 is 1.87 bits per heavy atom. The molecule has 0 N–H and O–H groups in total. The minimum Gasteiger partial charge on any atom is -0.327 e. The number of nitrogens with zero attached hydrogens (tertiary/aromatic N) is 4. The lowest BCUT2D eigenvalue weighted by Gasteiger charge is -2.28. The monoisotopic (exact) mass is 495 g/mol. The van der Waals surface area contributed by atoms with E-state index in [0.29, 0.717) is 0 Å². The van der Waals surface area contributed by atoms with Crippen molar-refractivity contribution >= 4 is 44.9 Å². The quantitative estimate of drug-likeness (QED) is 0.144. The standard InChI is InChI=1S/C8H17N2S.C5H10N2S.C4H7F3O3S/c1-4-6-10(2,3)7-5-9-8-11;1-7(2)4-3-6-5-8;1-2-3-10-11(8,9)4(5,6)7/h4-7H2,1-3H3;3-4H2,1-2H3;2-3H2,1H3/q+1;;. The van der Waals surface area contributed by atoms with E-state index < -0.39 is 22.2 Å². The number of halogens is 3. The number of hydrogen-bond acceptors (Lipinski definition) is 8. The summed E-state index contributed by atoms with van der Waals surface area (Å²) < 4.78 is 59.1. The summed E-state index contributed by atoms with van der Waals surface area (Å²) in [4.78, 5) is 9.68. The summed E-state index contributed by atoms with van der Waals surface area (Å²) in [6.07, 6.45) is 1.43. The molecule has 0 amide bonds. The number of rotatable bonds is 11. The highest BCUT2D eigenvalue weighted by Crippen LogP contribution is 2.24. The molecule has 0 rings (SSSR count). The van der Waals surface area contributed by atoms with Crippen molar-refractivity contribution in [3.8, 4) is 0 Å². The van der Waals surface area contributed by atoms with Crippen LogP contribution in [-0.2, 0) is 14.3 Å². The smallest absolute Gasteiger partial charge is 0.327 e. The van der Waals surface area contributed by atoms with Gasteiger partial charge in [-0.25, -0.2) is 9.98 Å². The van der Waals surface area contributed by atoms with E-state index in [-0.39, 0.29) is 6.42 Å². The highest BCUT2D eigenvalue weighted by Gasteiger charge is 2.47. The highest BCUT2D eigenvalue weighted by molar-refractivity contribution is 7.87. The van der Waals surface area contributed by atoms with Crippen LogP contribution in [0, 0.1) is 0 Å². The Hall–Kier alpha value is -0.780. The van der Waals surface area contributed by atoms with Crippen LogP contribution in [0.4, 0.5) is 13.2 Å². The van der Waals surface area contributed by atoms with E-state index in [2.05, 4.69) is 74.8 Å². The van der Waals surface area contributed by atoms with Crippen molar-refractivity contribution in [3.05, 3.63) is 0 Å². The van der Waals surface area contributed by atoms with E-state index in [9.17, 15) is 21.6 Å². The van der Waals surface area contributed by atoms with Gasteiger partial charge in [0.25, 0.3) is 0 Å². The molecule has 0 unspecified atom stereocenters. The topological polar surface area (TPSA) is 71.3 Å². The molecule has 0 saturated heterocycles. The van der Waals surface area contributed by atoms with Gasteiger partial charge in [-0.05, 0) is 51.4 Å². The molecule has 0 aromatic carbocycles. The maximum absolute atomic E-state index is 11.4. The minimum atomic E-state index is -5.36. The zero-order valence-electron chi connectivity index (χ0n) is 18.5. The first-order chi connectivity index (χ1) is 13.7. The maximum atomic E-state index is 11.4. The van der Waals surface area contributed by atoms with Crippen molar-refractivity contribution in [1.82, 2.24) is 4.90 Å². The molecule has 13 heteroatoms. The van der Waals surface area contributed by atoms with Crippen molar-refractivity contribution in [2.45, 2.75) is 32.2 Å². The normalized spacial score (nSPS) is 11.3. The Bertz CT molecular complexity index is 630. The van der Waals surface area contributed by atoms with E-state index in [4.69, 9.17) is 0 Å². The first-order valence-electron chi connectivity index (χ1n) is 9.20. The van der Waals surface area contributed by atoms with Crippen molar-refractivity contribution in [3.63, 3.8) is 0 Å². The summed E-state index contributed by atoms with van der Waals surface area (Å²) in [5.41, 5.74) is -5.30. The Morgan fingerprint density at radius 2 is 1.50 bits per heavy atom. The molecular formula is C17H34F3N4O3S3+. The average molecular weight is 496 g/mol. The predicted octanol–water partition coefficient (Wildman–Crippen LogP) is 3.49. The van der Waals surface area contributed by atoms with Crippen LogP contribution >= 0.6 is 24.4 Å². The third-order valence-corrected chi connectivity index (χ3v) is 4.46. The van der Waals surface area contributed by atoms with Crippen molar-refractivity contribution in [2.75, 3.05) is 67.5 Å². The number of isothiocyanates is 2. The van der Waals surface area contributed by atoms with Crippen LogP contribution in [0.3, 0.4) is 0 Å². The van der Waals surface area contributed by atoms with Gasteiger partial charge < -0.3 is 9.38 Å². The van der Waals surface area contributed by atoms with Gasteiger partial charge in [0.2, 0.25) is 0 Å². The molecule has 0 aliphatic rings. The van der Waals surface area contributed by atoms with Crippen LogP contribution in [0.15, 0.2) is 9.98 Å². The molecule has 0 fully saturated rings. The van der Waals surface area contributed by atoms with Crippen LogP contribution in [0.25, 0.3) is 0 Å². The molecule has 0 aliphatic heterocycles. The van der Waals surface area contributed by atoms with Gasteiger partial charge in [-0.15, -0.1) is 0 Å². The van der Waals surface area contributed by atoms with Gasteiger partial charge in [-0.3, -0.25) is 4.18 Å². The summed E-state index contributed by atoms with van der Waals surface area (Å²) in [6, 6.07) is 0. The molecule has 7 nitrogen and oxygen atoms in total. The van der Waals surface area contributed by atoms with E-state index in [0.717, 1.165) is 30.7 Å². The second-order valence-electron chi connectivity index (χ2n) is 6.85. The number of thiocarbonyl (C=S) groups is 2. The zero-order chi connectivity index (χ0) is 24.3. The van der Waals surface area contributed by atoms with Gasteiger partial charge in [0, 0.05) is 6.54 Å². The Labute approximate surface area is 189 Å². The fourth-order valence-corrected chi connectivity index (χ4v) is 2.34. The molecule has 0 atom stereocenters. The predicted molar refractivity (Wildman–Crippen MR) is 122 cm³/mol. The molecule has 0 aromatic heterocycles. The van der Waals surface area contributed by atoms with E-state index in [1.807, 2.05) is 14.1 Å². The lowest BCUT2D eigenvalue weighted by atomic mass is 10.3. The lowest BCUT2D eigenvalue weighted by molar-refractivity contribution is -0.888. The number of quaternary nitrogens is 1. The summed E-state index contributed by atoms with van der Waals surface area (Å²) in [5, 5.41) is 4.69. The fraction of sp³-hybridized carbons (Fsp3) is 0.882. The maximum Gasteiger partial charge on any atom is 0.523 e. The van der Waals surface area contributed by atoms with Crippen LogP contribution in [0.1, 0.15) is 26.7 Å². The molecule has 0 radical (unpaired) electrons. The second-order valence-corrected chi connectivity index (χ2v) is 8.83. The van der Waals surface area contributed by atoms with Gasteiger partial charge in [0.1, 0.15) is 0 Å². The zero-order valence-corrected chi connectivity index (χ0v) is 21.0. The molecule has 0 aromatic rings. The molecule has 0 aliphatic carbocycles. The largest absolute Gasteiger partial charge is 0.523 e. The number of aliphatic imine (C=N–C) groups is 2. The molecule has 30 heavy (non-hydrogen) atoms. The Balaban J connectivity index is -0.000000370. The molecule has 0 bridgehead atoms. The molecule has 178 valence electrons. The van der Waals surface area contributed by atoms with Crippen LogP contribution < -0.4 is 0 Å². The van der Waals surface area contributed by atoms with E-state index >= 15 is 0 Å². The van der Waals surface area contributed by atoms with Gasteiger partial charge in [0.05, 0.1) is 57.2 Å². The Morgan fingerprint density at radius 1 is 1.00 bits per heavy atom. The summed E-state index contributed by atoms with van der Waals surface area (Å²) in [7, 11) is 3.06. The minimum absolute atomic E-state index is 0.218. The Kier molecular flexibility index (Phi) is 21.4. The van der Waals surface area contributed by atoms with Crippen molar-refractivity contribution in [2.24, 2.45) is 9.98 Å². The van der Waals surface area contributed by atoms with Gasteiger partial charge >= 0.3 is 15.6 Å². The van der Waals surface area contributed by atoms with Crippen LogP contribution in [-0.4, -0.2) is 101 Å². The third-order valence-electron chi connectivity index (χ3n) is 3.16. The summed E-state index contributed by atoms with van der Waals surface area (Å²) >= 11 is 8.85. The number of alkyl halides is 3. The third kappa shape index (κ3) is 23.5. The average Bonchev–Trinajstić information content (AvgIpc) is 2.60. The van der Waals surface area contributed by atoms with Crippen molar-refractivity contribution < 1.29 is 30.3 Å². The van der Waals surface area contributed by atoms with E-state index in [1.165, 1.54) is 19.9 Å². The van der Waals surface area contributed by atoms with Crippen molar-refractivity contribution in [1.29, 1.82) is 0 Å². The van der Waals surface area contributed by atoms with Gasteiger partial charge in [-0.2, -0.15) is 21.6 Å². The van der Waals surface area contributed by atoms with Crippen LogP contribution in [0.5, 0.6) is 0 Å². The van der Waals surface area contributed by atoms with E-state index in [1.54, 1.807) is 0 Å². The number of likely N-dealkylation sites (N-methyl/N-ethyl adjacent to an activating group) is 2. The summed E-state index contributed by atoms with van der Waals surface area (Å²) in [5.74, 6) is 0. The van der Waals surface area contributed by atoms with Gasteiger partial charge in [-0.1, -0.05) is 13.8 Å².